The fourth-order valence-electron chi connectivity index (χ4n) is 1.21. The van der Waals surface area contributed by atoms with Crippen molar-refractivity contribution in [3.8, 4) is 0 Å². The number of aliphatic carboxylic acids is 1. The first kappa shape index (κ1) is 13.4. The van der Waals surface area contributed by atoms with Gasteiger partial charge in [0.15, 0.2) is 0 Å². The molecule has 0 radical (unpaired) electrons. The van der Waals surface area contributed by atoms with E-state index in [1.54, 1.807) is 0 Å². The predicted octanol–water partition coefficient (Wildman–Crippen LogP) is -2.09. The summed E-state index contributed by atoms with van der Waals surface area (Å²) < 4.78 is 0.641. The number of likely N-dealkylation sites (N-methyl/N-ethyl adjacent to an activating group) is 1. The molecule has 0 spiro atoms. The number of rotatable bonds is 6. The SMILES string of the molecule is C[N+](C)(C)CC(O)CCC(N)C(=O)[O-]. The highest BCUT2D eigenvalue weighted by Gasteiger charge is 2.16. The average molecular weight is 204 g/mol. The highest BCUT2D eigenvalue weighted by Crippen LogP contribution is 2.03. The molecule has 84 valence electrons. The maximum Gasteiger partial charge on any atom is 0.104 e. The molecule has 0 aliphatic rings. The van der Waals surface area contributed by atoms with Crippen LogP contribution in [0.1, 0.15) is 12.8 Å². The van der Waals surface area contributed by atoms with Gasteiger partial charge in [-0.3, -0.25) is 0 Å². The van der Waals surface area contributed by atoms with E-state index >= 15 is 0 Å². The minimum Gasteiger partial charge on any atom is -0.548 e. The van der Waals surface area contributed by atoms with Gasteiger partial charge in [0.1, 0.15) is 12.6 Å². The third-order valence-electron chi connectivity index (χ3n) is 1.87. The predicted molar refractivity (Wildman–Crippen MR) is 51.1 cm³/mol. The molecule has 0 aromatic heterocycles. The van der Waals surface area contributed by atoms with Crippen LogP contribution in [0.25, 0.3) is 0 Å². The Bertz CT molecular complexity index is 189. The van der Waals surface area contributed by atoms with Crippen molar-refractivity contribution >= 4 is 5.97 Å². The molecule has 0 bridgehead atoms. The number of nitrogens with two attached hydrogens (primary N) is 1. The van der Waals surface area contributed by atoms with Gasteiger partial charge in [-0.05, 0) is 12.8 Å². The lowest BCUT2D eigenvalue weighted by molar-refractivity contribution is -0.873. The molecule has 0 aliphatic carbocycles. The maximum absolute atomic E-state index is 10.3. The van der Waals surface area contributed by atoms with E-state index in [0.29, 0.717) is 17.4 Å². The second kappa shape index (κ2) is 5.29. The smallest absolute Gasteiger partial charge is 0.104 e. The van der Waals surface area contributed by atoms with E-state index in [9.17, 15) is 15.0 Å². The van der Waals surface area contributed by atoms with Gasteiger partial charge in [-0.15, -0.1) is 0 Å². The van der Waals surface area contributed by atoms with E-state index in [-0.39, 0.29) is 6.42 Å². The summed E-state index contributed by atoms with van der Waals surface area (Å²) in [4.78, 5) is 10.3. The summed E-state index contributed by atoms with van der Waals surface area (Å²) in [5.74, 6) is -1.26. The van der Waals surface area contributed by atoms with Gasteiger partial charge >= 0.3 is 0 Å². The minimum absolute atomic E-state index is 0.253. The number of carboxylic acids is 1. The monoisotopic (exact) mass is 204 g/mol. The summed E-state index contributed by atoms with van der Waals surface area (Å²) in [6.07, 6.45) is 0.133. The standard InChI is InChI=1S/C9H20N2O3/c1-11(2,3)6-7(12)4-5-8(10)9(13)14/h7-8,12H,4-6,10H2,1-3H3. The molecule has 5 nitrogen and oxygen atoms in total. The van der Waals surface area contributed by atoms with Gasteiger partial charge in [-0.25, -0.2) is 0 Å². The fraction of sp³-hybridized carbons (Fsp3) is 0.889. The van der Waals surface area contributed by atoms with E-state index < -0.39 is 18.1 Å². The van der Waals surface area contributed by atoms with Crippen LogP contribution in [0.15, 0.2) is 0 Å². The summed E-state index contributed by atoms with van der Waals surface area (Å²) in [6.45, 7) is 0.583. The first-order valence-corrected chi connectivity index (χ1v) is 4.67. The van der Waals surface area contributed by atoms with E-state index in [2.05, 4.69) is 0 Å². The Morgan fingerprint density at radius 1 is 1.43 bits per heavy atom. The topological polar surface area (TPSA) is 86.4 Å². The number of quaternary nitrogens is 1. The van der Waals surface area contributed by atoms with Gasteiger partial charge in [0.25, 0.3) is 0 Å². The molecule has 0 rings (SSSR count). The van der Waals surface area contributed by atoms with Gasteiger partial charge < -0.3 is 25.2 Å². The molecule has 2 unspecified atom stereocenters. The Morgan fingerprint density at radius 2 is 1.93 bits per heavy atom. The summed E-state index contributed by atoms with van der Waals surface area (Å²) in [5, 5.41) is 19.8. The Kier molecular flexibility index (Phi) is 5.04. The van der Waals surface area contributed by atoms with Crippen molar-refractivity contribution in [1.82, 2.24) is 0 Å². The Morgan fingerprint density at radius 3 is 2.29 bits per heavy atom. The van der Waals surface area contributed by atoms with Crippen LogP contribution in [-0.2, 0) is 4.79 Å². The van der Waals surface area contributed by atoms with Crippen LogP contribution in [0.4, 0.5) is 0 Å². The summed E-state index contributed by atoms with van der Waals surface area (Å²) in [5.41, 5.74) is 5.25. The van der Waals surface area contributed by atoms with E-state index in [0.717, 1.165) is 0 Å². The Balaban J connectivity index is 3.74. The number of aliphatic hydroxyl groups is 1. The van der Waals surface area contributed by atoms with E-state index in [4.69, 9.17) is 5.73 Å². The van der Waals surface area contributed by atoms with Crippen molar-refractivity contribution in [2.45, 2.75) is 25.0 Å². The van der Waals surface area contributed by atoms with Gasteiger partial charge in [-0.2, -0.15) is 0 Å². The number of hydrogen-bond donors (Lipinski definition) is 2. The molecule has 0 heterocycles. The van der Waals surface area contributed by atoms with Crippen molar-refractivity contribution in [3.05, 3.63) is 0 Å². The van der Waals surface area contributed by atoms with Crippen molar-refractivity contribution < 1.29 is 19.5 Å². The summed E-state index contributed by atoms with van der Waals surface area (Å²) in [7, 11) is 5.88. The van der Waals surface area contributed by atoms with Gasteiger partial charge in [0.05, 0.1) is 27.1 Å². The van der Waals surface area contributed by atoms with Crippen molar-refractivity contribution in [1.29, 1.82) is 0 Å². The third-order valence-corrected chi connectivity index (χ3v) is 1.87. The lowest BCUT2D eigenvalue weighted by Crippen LogP contribution is -2.44. The van der Waals surface area contributed by atoms with Crippen LogP contribution in [0.2, 0.25) is 0 Å². The summed E-state index contributed by atoms with van der Waals surface area (Å²) in [6, 6.07) is -0.975. The zero-order chi connectivity index (χ0) is 11.4. The molecule has 0 aromatic carbocycles. The number of carboxylic acid groups (broad SMARTS) is 1. The van der Waals surface area contributed by atoms with Gasteiger partial charge in [0.2, 0.25) is 0 Å². The largest absolute Gasteiger partial charge is 0.548 e. The molecule has 0 saturated carbocycles. The van der Waals surface area contributed by atoms with Crippen LogP contribution in [0.3, 0.4) is 0 Å². The van der Waals surface area contributed by atoms with Crippen molar-refractivity contribution in [2.75, 3.05) is 27.7 Å². The highest BCUT2D eigenvalue weighted by atomic mass is 16.4. The Labute approximate surface area is 84.7 Å². The molecule has 3 N–H and O–H groups in total. The average Bonchev–Trinajstić information content (AvgIpc) is 1.96. The van der Waals surface area contributed by atoms with Gasteiger partial charge in [-0.1, -0.05) is 0 Å². The molecule has 14 heavy (non-hydrogen) atoms. The lowest BCUT2D eigenvalue weighted by Gasteiger charge is -2.27. The number of nitrogens with zero attached hydrogens (tertiary/aromatic N) is 1. The molecular formula is C9H20N2O3. The fourth-order valence-corrected chi connectivity index (χ4v) is 1.21. The zero-order valence-electron chi connectivity index (χ0n) is 9.06. The summed E-state index contributed by atoms with van der Waals surface area (Å²) >= 11 is 0. The molecular weight excluding hydrogens is 184 g/mol. The first-order valence-electron chi connectivity index (χ1n) is 4.67. The molecule has 0 aliphatic heterocycles. The van der Waals surface area contributed by atoms with Crippen LogP contribution >= 0.6 is 0 Å². The van der Waals surface area contributed by atoms with Crippen LogP contribution in [0, 0.1) is 0 Å². The van der Waals surface area contributed by atoms with E-state index in [1.807, 2.05) is 21.1 Å². The molecule has 2 atom stereocenters. The molecule has 5 heteroatoms. The zero-order valence-corrected chi connectivity index (χ0v) is 9.06. The maximum atomic E-state index is 10.3. The van der Waals surface area contributed by atoms with Gasteiger partial charge in [0, 0.05) is 6.04 Å². The highest BCUT2D eigenvalue weighted by molar-refractivity contribution is 5.70. The van der Waals surface area contributed by atoms with Crippen molar-refractivity contribution in [2.24, 2.45) is 5.73 Å². The van der Waals surface area contributed by atoms with Crippen LogP contribution in [0.5, 0.6) is 0 Å². The number of hydrogen-bond acceptors (Lipinski definition) is 4. The van der Waals surface area contributed by atoms with Crippen LogP contribution in [-0.4, -0.2) is 55.4 Å². The van der Waals surface area contributed by atoms with Crippen LogP contribution < -0.4 is 10.8 Å². The number of carbonyl (C=O) groups is 1. The second-order valence-corrected chi connectivity index (χ2v) is 4.63. The minimum atomic E-state index is -1.26. The number of aliphatic hydroxyl groups excluding tert-OH is 1. The molecule has 0 amide bonds. The number of carbonyl (C=O) groups excluding carboxylic acids is 1. The molecule has 0 aromatic rings. The lowest BCUT2D eigenvalue weighted by atomic mass is 10.1. The Hall–Kier alpha value is -0.650. The second-order valence-electron chi connectivity index (χ2n) is 4.63. The first-order chi connectivity index (χ1) is 6.22. The molecule has 0 fully saturated rings. The van der Waals surface area contributed by atoms with E-state index in [1.165, 1.54) is 0 Å². The normalized spacial score (nSPS) is 16.4. The molecule has 0 saturated heterocycles. The third kappa shape index (κ3) is 6.82. The quantitative estimate of drug-likeness (QED) is 0.486. The van der Waals surface area contributed by atoms with Crippen molar-refractivity contribution in [3.63, 3.8) is 0 Å².